The van der Waals surface area contributed by atoms with Crippen molar-refractivity contribution in [1.82, 2.24) is 14.1 Å². The van der Waals surface area contributed by atoms with E-state index in [2.05, 4.69) is 10.4 Å². The van der Waals surface area contributed by atoms with Gasteiger partial charge in [-0.25, -0.2) is 8.42 Å². The Morgan fingerprint density at radius 3 is 2.41 bits per heavy atom. The van der Waals surface area contributed by atoms with E-state index < -0.39 is 10.0 Å². The average Bonchev–Trinajstić information content (AvgIpc) is 2.88. The van der Waals surface area contributed by atoms with E-state index in [1.165, 1.54) is 12.1 Å². The molecule has 0 spiro atoms. The molecule has 1 N–H and O–H groups in total. The molecule has 0 radical (unpaired) electrons. The van der Waals surface area contributed by atoms with Gasteiger partial charge in [-0.1, -0.05) is 6.42 Å². The molecule has 7 nitrogen and oxygen atoms in total. The van der Waals surface area contributed by atoms with Crippen LogP contribution in [0.1, 0.15) is 47.9 Å². The zero-order valence-electron chi connectivity index (χ0n) is 16.2. The maximum Gasteiger partial charge on any atom is 0.255 e. The molecule has 1 aliphatic rings. The zero-order chi connectivity index (χ0) is 19.8. The molecule has 2 heterocycles. The number of aromatic nitrogens is 2. The van der Waals surface area contributed by atoms with Crippen LogP contribution in [0.2, 0.25) is 0 Å². The molecular formula is C19H26N4O3S. The summed E-state index contributed by atoms with van der Waals surface area (Å²) in [5.74, 6) is -0.288. The van der Waals surface area contributed by atoms with Gasteiger partial charge in [-0.3, -0.25) is 9.48 Å². The van der Waals surface area contributed by atoms with Gasteiger partial charge >= 0.3 is 0 Å². The van der Waals surface area contributed by atoms with Crippen LogP contribution in [-0.2, 0) is 17.1 Å². The van der Waals surface area contributed by atoms with Gasteiger partial charge in [-0.2, -0.15) is 9.40 Å². The molecule has 2 aromatic rings. The third-order valence-electron chi connectivity index (χ3n) is 5.21. The van der Waals surface area contributed by atoms with E-state index in [1.54, 1.807) is 21.1 Å². The first-order chi connectivity index (χ1) is 12.7. The summed E-state index contributed by atoms with van der Waals surface area (Å²) in [5.41, 5.74) is 2.69. The quantitative estimate of drug-likeness (QED) is 0.870. The van der Waals surface area contributed by atoms with E-state index in [1.807, 2.05) is 27.8 Å². The van der Waals surface area contributed by atoms with Gasteiger partial charge in [0.05, 0.1) is 22.0 Å². The molecule has 0 bridgehead atoms. The highest BCUT2D eigenvalue weighted by atomic mass is 32.2. The smallest absolute Gasteiger partial charge is 0.255 e. The Morgan fingerprint density at radius 2 is 1.85 bits per heavy atom. The van der Waals surface area contributed by atoms with Crippen molar-refractivity contribution >= 4 is 21.6 Å². The third kappa shape index (κ3) is 3.77. The van der Waals surface area contributed by atoms with Crippen molar-refractivity contribution < 1.29 is 13.2 Å². The van der Waals surface area contributed by atoms with Crippen molar-refractivity contribution in [2.45, 2.75) is 51.0 Å². The molecule has 3 rings (SSSR count). The number of carbonyl (C=O) groups is 1. The van der Waals surface area contributed by atoms with Crippen LogP contribution in [0.15, 0.2) is 29.2 Å². The number of sulfonamides is 1. The van der Waals surface area contributed by atoms with Crippen molar-refractivity contribution in [2.24, 2.45) is 7.05 Å². The second-order valence-electron chi connectivity index (χ2n) is 7.11. The predicted molar refractivity (Wildman–Crippen MR) is 104 cm³/mol. The first kappa shape index (κ1) is 19.6. The fraction of sp³-hybridized carbons (Fsp3) is 0.474. The number of rotatable bonds is 4. The summed E-state index contributed by atoms with van der Waals surface area (Å²) in [6, 6.07) is 6.13. The lowest BCUT2D eigenvalue weighted by molar-refractivity contribution is 0.102. The Hall–Kier alpha value is -2.19. The Bertz CT molecular complexity index is 948. The largest absolute Gasteiger partial charge is 0.319 e. The second-order valence-corrected chi connectivity index (χ2v) is 9.00. The van der Waals surface area contributed by atoms with Crippen molar-refractivity contribution in [3.8, 4) is 0 Å². The number of nitrogens with zero attached hydrogens (tertiary/aromatic N) is 3. The normalized spacial score (nSPS) is 18.4. The average molecular weight is 391 g/mol. The predicted octanol–water partition coefficient (Wildman–Crippen LogP) is 2.85. The van der Waals surface area contributed by atoms with Gasteiger partial charge in [-0.05, 0) is 57.9 Å². The lowest BCUT2D eigenvalue weighted by atomic mass is 10.1. The molecule has 1 amide bonds. The number of anilines is 1. The van der Waals surface area contributed by atoms with Crippen molar-refractivity contribution in [2.75, 3.05) is 11.9 Å². The highest BCUT2D eigenvalue weighted by Gasteiger charge is 2.30. The number of piperidine rings is 1. The lowest BCUT2D eigenvalue weighted by Gasteiger charge is -2.32. The minimum absolute atomic E-state index is 0.00301. The summed E-state index contributed by atoms with van der Waals surface area (Å²) in [7, 11) is -1.72. The first-order valence-electron chi connectivity index (χ1n) is 9.15. The van der Waals surface area contributed by atoms with Gasteiger partial charge < -0.3 is 5.32 Å². The van der Waals surface area contributed by atoms with Gasteiger partial charge in [0.2, 0.25) is 10.0 Å². The number of amides is 1. The fourth-order valence-corrected chi connectivity index (χ4v) is 5.18. The van der Waals surface area contributed by atoms with E-state index in [4.69, 9.17) is 0 Å². The summed E-state index contributed by atoms with van der Waals surface area (Å²) >= 11 is 0. The van der Waals surface area contributed by atoms with E-state index in [-0.39, 0.29) is 16.8 Å². The molecular weight excluding hydrogens is 364 g/mol. The van der Waals surface area contributed by atoms with Crippen LogP contribution in [0.3, 0.4) is 0 Å². The van der Waals surface area contributed by atoms with Crippen LogP contribution in [0, 0.1) is 13.8 Å². The molecule has 0 unspecified atom stereocenters. The van der Waals surface area contributed by atoms with Crippen LogP contribution in [0.25, 0.3) is 0 Å². The summed E-state index contributed by atoms with van der Waals surface area (Å²) in [4.78, 5) is 12.8. The van der Waals surface area contributed by atoms with Crippen LogP contribution in [0.4, 0.5) is 5.69 Å². The maximum absolute atomic E-state index is 12.9. The Kier molecular flexibility index (Phi) is 5.39. The van der Waals surface area contributed by atoms with Gasteiger partial charge in [0.1, 0.15) is 0 Å². The van der Waals surface area contributed by atoms with Gasteiger partial charge in [-0.15, -0.1) is 0 Å². The van der Waals surface area contributed by atoms with E-state index in [0.717, 1.165) is 30.7 Å². The number of nitrogens with one attached hydrogen (secondary N) is 1. The molecule has 27 heavy (non-hydrogen) atoms. The van der Waals surface area contributed by atoms with Crippen molar-refractivity contribution in [3.05, 3.63) is 41.2 Å². The maximum atomic E-state index is 12.9. The minimum Gasteiger partial charge on any atom is -0.319 e. The fourth-order valence-electron chi connectivity index (χ4n) is 3.48. The molecule has 1 aromatic heterocycles. The summed E-state index contributed by atoms with van der Waals surface area (Å²) in [6.07, 6.45) is 2.82. The van der Waals surface area contributed by atoms with Gasteiger partial charge in [0, 0.05) is 25.2 Å². The Balaban J connectivity index is 1.79. The molecule has 1 saturated heterocycles. The van der Waals surface area contributed by atoms with Crippen LogP contribution < -0.4 is 5.32 Å². The minimum atomic E-state index is -3.53. The van der Waals surface area contributed by atoms with Crippen molar-refractivity contribution in [3.63, 3.8) is 0 Å². The molecule has 0 aliphatic carbocycles. The Labute approximate surface area is 160 Å². The third-order valence-corrected chi connectivity index (χ3v) is 7.24. The van der Waals surface area contributed by atoms with Crippen LogP contribution in [-0.4, -0.2) is 41.0 Å². The highest BCUT2D eigenvalue weighted by molar-refractivity contribution is 7.89. The first-order valence-corrected chi connectivity index (χ1v) is 10.6. The molecule has 1 fully saturated rings. The number of benzene rings is 1. The highest BCUT2D eigenvalue weighted by Crippen LogP contribution is 2.25. The number of aryl methyl sites for hydroxylation is 2. The lowest BCUT2D eigenvalue weighted by Crippen LogP contribution is -2.41. The molecule has 0 saturated carbocycles. The molecule has 1 aromatic carbocycles. The monoisotopic (exact) mass is 390 g/mol. The van der Waals surface area contributed by atoms with E-state index in [9.17, 15) is 13.2 Å². The summed E-state index contributed by atoms with van der Waals surface area (Å²) < 4.78 is 29.0. The van der Waals surface area contributed by atoms with Gasteiger partial charge in [0.25, 0.3) is 5.91 Å². The number of hydrogen-bond donors (Lipinski definition) is 1. The summed E-state index contributed by atoms with van der Waals surface area (Å²) in [6.45, 7) is 6.20. The van der Waals surface area contributed by atoms with Gasteiger partial charge in [0.15, 0.2) is 0 Å². The Morgan fingerprint density at radius 1 is 1.19 bits per heavy atom. The SMILES string of the molecule is Cc1nn(C)c(C)c1NC(=O)c1ccc(S(=O)(=O)N2CCCC[C@H]2C)cc1. The van der Waals surface area contributed by atoms with E-state index in [0.29, 0.717) is 17.8 Å². The number of hydrogen-bond acceptors (Lipinski definition) is 4. The van der Waals surface area contributed by atoms with Crippen LogP contribution >= 0.6 is 0 Å². The zero-order valence-corrected chi connectivity index (χ0v) is 17.0. The molecule has 1 atom stereocenters. The second kappa shape index (κ2) is 7.44. The summed E-state index contributed by atoms with van der Waals surface area (Å²) in [5, 5.41) is 7.14. The standard InChI is InChI=1S/C19H26N4O3S/c1-13-7-5-6-12-23(13)27(25,26)17-10-8-16(9-11-17)19(24)20-18-14(2)21-22(4)15(18)3/h8-11,13H,5-7,12H2,1-4H3,(H,20,24)/t13-/m1/s1. The molecule has 8 heteroatoms. The van der Waals surface area contributed by atoms with E-state index >= 15 is 0 Å². The van der Waals surface area contributed by atoms with Crippen LogP contribution in [0.5, 0.6) is 0 Å². The molecule has 146 valence electrons. The topological polar surface area (TPSA) is 84.3 Å². The molecule has 1 aliphatic heterocycles. The number of carbonyl (C=O) groups excluding carboxylic acids is 1. The van der Waals surface area contributed by atoms with Crippen molar-refractivity contribution in [1.29, 1.82) is 0 Å².